The fourth-order valence-electron chi connectivity index (χ4n) is 3.73. The van der Waals surface area contributed by atoms with E-state index < -0.39 is 0 Å². The minimum Gasteiger partial charge on any atom is -0.369 e. The molecule has 0 radical (unpaired) electrons. The van der Waals surface area contributed by atoms with Gasteiger partial charge in [-0.2, -0.15) is 0 Å². The maximum absolute atomic E-state index is 12.4. The number of para-hydroxylation sites is 1. The van der Waals surface area contributed by atoms with Gasteiger partial charge in [0.2, 0.25) is 5.91 Å². The van der Waals surface area contributed by atoms with Crippen molar-refractivity contribution in [2.45, 2.75) is 45.6 Å². The molecule has 4 heteroatoms. The van der Waals surface area contributed by atoms with Crippen molar-refractivity contribution >= 4 is 11.6 Å². The fourth-order valence-corrected chi connectivity index (χ4v) is 3.73. The Morgan fingerprint density at radius 2 is 1.62 bits per heavy atom. The highest BCUT2D eigenvalue weighted by atomic mass is 16.1. The molecule has 1 amide bonds. The normalized spacial score (nSPS) is 15.4. The summed E-state index contributed by atoms with van der Waals surface area (Å²) in [5, 5.41) is 3.12. The van der Waals surface area contributed by atoms with Gasteiger partial charge in [-0.15, -0.1) is 0 Å². The topological polar surface area (TPSA) is 35.6 Å². The highest BCUT2D eigenvalue weighted by Crippen LogP contribution is 2.23. The number of hydrogen-bond donors (Lipinski definition) is 1. The van der Waals surface area contributed by atoms with Crippen molar-refractivity contribution in [1.82, 2.24) is 10.2 Å². The van der Waals surface area contributed by atoms with Crippen LogP contribution in [0.25, 0.3) is 0 Å². The van der Waals surface area contributed by atoms with Gasteiger partial charge in [-0.3, -0.25) is 4.79 Å². The molecule has 1 heterocycles. The molecule has 0 saturated carbocycles. The van der Waals surface area contributed by atoms with Gasteiger partial charge < -0.3 is 15.1 Å². The molecule has 1 saturated heterocycles. The van der Waals surface area contributed by atoms with Gasteiger partial charge in [-0.1, -0.05) is 63.2 Å². The summed E-state index contributed by atoms with van der Waals surface area (Å²) in [6, 6.07) is 17.1. The third-order valence-corrected chi connectivity index (χ3v) is 5.77. The second-order valence-electron chi connectivity index (χ2n) is 9.14. The first-order valence-corrected chi connectivity index (χ1v) is 10.7. The van der Waals surface area contributed by atoms with Gasteiger partial charge in [0, 0.05) is 44.8 Å². The monoisotopic (exact) mass is 393 g/mol. The fraction of sp³-hybridized carbons (Fsp3) is 0.480. The third-order valence-electron chi connectivity index (χ3n) is 5.77. The second kappa shape index (κ2) is 9.45. The third kappa shape index (κ3) is 6.07. The number of likely N-dealkylation sites (N-methyl/N-ethyl adjacent to an activating group) is 1. The first-order valence-electron chi connectivity index (χ1n) is 10.7. The molecule has 0 aromatic heterocycles. The van der Waals surface area contributed by atoms with E-state index in [4.69, 9.17) is 0 Å². The minimum atomic E-state index is 0.109. The molecule has 2 aromatic carbocycles. The van der Waals surface area contributed by atoms with Crippen molar-refractivity contribution < 1.29 is 4.79 Å². The lowest BCUT2D eigenvalue weighted by atomic mass is 9.86. The molecule has 2 aromatic rings. The zero-order valence-electron chi connectivity index (χ0n) is 18.4. The van der Waals surface area contributed by atoms with Crippen LogP contribution < -0.4 is 10.2 Å². The van der Waals surface area contributed by atoms with Crippen LogP contribution in [0.3, 0.4) is 0 Å². The largest absolute Gasteiger partial charge is 0.369 e. The Labute approximate surface area is 175 Å². The number of hydrogen-bond acceptors (Lipinski definition) is 3. The second-order valence-corrected chi connectivity index (χ2v) is 9.14. The van der Waals surface area contributed by atoms with E-state index >= 15 is 0 Å². The first kappa shape index (κ1) is 21.4. The van der Waals surface area contributed by atoms with Crippen LogP contribution in [0.1, 0.15) is 43.9 Å². The van der Waals surface area contributed by atoms with E-state index in [1.54, 1.807) is 0 Å². The highest BCUT2D eigenvalue weighted by molar-refractivity contribution is 5.76. The molecule has 1 aliphatic rings. The summed E-state index contributed by atoms with van der Waals surface area (Å²) in [6.45, 7) is 11.5. The SMILES string of the molecule is CN1CCN(c2ccccc2CNC(=O)CCc2ccc(C(C)(C)C)cc2)CC1. The van der Waals surface area contributed by atoms with E-state index in [9.17, 15) is 4.79 Å². The quantitative estimate of drug-likeness (QED) is 0.806. The Balaban J connectivity index is 1.51. The zero-order valence-corrected chi connectivity index (χ0v) is 18.4. The lowest BCUT2D eigenvalue weighted by Gasteiger charge is -2.35. The van der Waals surface area contributed by atoms with Crippen molar-refractivity contribution in [1.29, 1.82) is 0 Å². The lowest BCUT2D eigenvalue weighted by molar-refractivity contribution is -0.121. The molecule has 3 rings (SSSR count). The van der Waals surface area contributed by atoms with Crippen LogP contribution in [0.2, 0.25) is 0 Å². The van der Waals surface area contributed by atoms with Crippen LogP contribution >= 0.6 is 0 Å². The Morgan fingerprint density at radius 3 is 2.28 bits per heavy atom. The number of rotatable bonds is 6. The molecule has 29 heavy (non-hydrogen) atoms. The molecular weight excluding hydrogens is 358 g/mol. The van der Waals surface area contributed by atoms with E-state index in [2.05, 4.69) is 91.5 Å². The highest BCUT2D eigenvalue weighted by Gasteiger charge is 2.17. The molecule has 0 unspecified atom stereocenters. The number of carbonyl (C=O) groups is 1. The smallest absolute Gasteiger partial charge is 0.220 e. The molecule has 1 N–H and O–H groups in total. The van der Waals surface area contributed by atoms with Gasteiger partial charge in [0.25, 0.3) is 0 Å². The van der Waals surface area contributed by atoms with Crippen LogP contribution in [-0.4, -0.2) is 44.0 Å². The van der Waals surface area contributed by atoms with Crippen molar-refractivity contribution in [2.24, 2.45) is 0 Å². The molecule has 4 nitrogen and oxygen atoms in total. The van der Waals surface area contributed by atoms with E-state index in [1.807, 2.05) is 0 Å². The van der Waals surface area contributed by atoms with Crippen LogP contribution in [0.4, 0.5) is 5.69 Å². The number of amides is 1. The average Bonchev–Trinajstić information content (AvgIpc) is 2.71. The summed E-state index contributed by atoms with van der Waals surface area (Å²) in [4.78, 5) is 17.2. The van der Waals surface area contributed by atoms with Crippen molar-refractivity contribution in [3.05, 3.63) is 65.2 Å². The number of carbonyl (C=O) groups excluding carboxylic acids is 1. The van der Waals surface area contributed by atoms with E-state index in [0.717, 1.165) is 32.6 Å². The van der Waals surface area contributed by atoms with Gasteiger partial charge in [-0.25, -0.2) is 0 Å². The summed E-state index contributed by atoms with van der Waals surface area (Å²) in [5.41, 5.74) is 5.14. The Hall–Kier alpha value is -2.33. The standard InChI is InChI=1S/C25H35N3O/c1-25(2,3)22-12-9-20(10-13-22)11-14-24(29)26-19-21-7-5-6-8-23(21)28-17-15-27(4)16-18-28/h5-10,12-13H,11,14-19H2,1-4H3,(H,26,29). The van der Waals surface area contributed by atoms with Crippen molar-refractivity contribution in [3.63, 3.8) is 0 Å². The summed E-state index contributed by atoms with van der Waals surface area (Å²) in [5.74, 6) is 0.109. The van der Waals surface area contributed by atoms with Crippen LogP contribution in [-0.2, 0) is 23.2 Å². The summed E-state index contributed by atoms with van der Waals surface area (Å²) >= 11 is 0. The molecule has 1 fully saturated rings. The van der Waals surface area contributed by atoms with Gasteiger partial charge in [-0.05, 0) is 41.6 Å². The molecule has 0 spiro atoms. The molecule has 0 bridgehead atoms. The summed E-state index contributed by atoms with van der Waals surface area (Å²) < 4.78 is 0. The Morgan fingerprint density at radius 1 is 0.966 bits per heavy atom. The van der Waals surface area contributed by atoms with E-state index in [-0.39, 0.29) is 11.3 Å². The van der Waals surface area contributed by atoms with Crippen LogP contribution in [0, 0.1) is 0 Å². The van der Waals surface area contributed by atoms with E-state index in [1.165, 1.54) is 22.4 Å². The number of benzene rings is 2. The number of nitrogens with zero attached hydrogens (tertiary/aromatic N) is 2. The predicted molar refractivity (Wildman–Crippen MR) is 121 cm³/mol. The maximum Gasteiger partial charge on any atom is 0.220 e. The Kier molecular flexibility index (Phi) is 6.96. The number of aryl methyl sites for hydroxylation is 1. The number of piperazine rings is 1. The summed E-state index contributed by atoms with van der Waals surface area (Å²) in [7, 11) is 2.17. The summed E-state index contributed by atoms with van der Waals surface area (Å²) in [6.07, 6.45) is 1.29. The molecule has 156 valence electrons. The molecule has 1 aliphatic heterocycles. The zero-order chi connectivity index (χ0) is 20.9. The van der Waals surface area contributed by atoms with Gasteiger partial charge in [0.1, 0.15) is 0 Å². The molecule has 0 atom stereocenters. The number of anilines is 1. The lowest BCUT2D eigenvalue weighted by Crippen LogP contribution is -2.45. The average molecular weight is 394 g/mol. The van der Waals surface area contributed by atoms with Crippen molar-refractivity contribution in [3.8, 4) is 0 Å². The van der Waals surface area contributed by atoms with E-state index in [0.29, 0.717) is 13.0 Å². The van der Waals surface area contributed by atoms with Crippen LogP contribution in [0.5, 0.6) is 0 Å². The van der Waals surface area contributed by atoms with Gasteiger partial charge in [0.05, 0.1) is 0 Å². The predicted octanol–water partition coefficient (Wildman–Crippen LogP) is 3.98. The molecular formula is C25H35N3O. The number of nitrogens with one attached hydrogen (secondary N) is 1. The minimum absolute atomic E-state index is 0.109. The van der Waals surface area contributed by atoms with Gasteiger partial charge >= 0.3 is 0 Å². The van der Waals surface area contributed by atoms with Crippen LogP contribution in [0.15, 0.2) is 48.5 Å². The van der Waals surface area contributed by atoms with Gasteiger partial charge in [0.15, 0.2) is 0 Å². The first-order chi connectivity index (χ1) is 13.8. The molecule has 0 aliphatic carbocycles. The maximum atomic E-state index is 12.4. The Bertz CT molecular complexity index is 800. The van der Waals surface area contributed by atoms with Crippen molar-refractivity contribution in [2.75, 3.05) is 38.1 Å².